The first-order valence-electron chi connectivity index (χ1n) is 9.90. The van der Waals surface area contributed by atoms with Crippen LogP contribution in [0.15, 0.2) is 30.3 Å². The zero-order valence-electron chi connectivity index (χ0n) is 15.8. The number of piperidine rings is 1. The highest BCUT2D eigenvalue weighted by molar-refractivity contribution is 5.77. The molecule has 2 atom stereocenters. The highest BCUT2D eigenvalue weighted by Crippen LogP contribution is 2.26. The van der Waals surface area contributed by atoms with Crippen LogP contribution in [0.2, 0.25) is 0 Å². The Labute approximate surface area is 152 Å². The molecule has 2 heterocycles. The number of amides is 1. The Bertz CT molecular complexity index is 541. The van der Waals surface area contributed by atoms with Crippen LogP contribution in [-0.4, -0.2) is 54.5 Å². The maximum atomic E-state index is 12.8. The van der Waals surface area contributed by atoms with Gasteiger partial charge in [0.2, 0.25) is 5.91 Å². The number of rotatable bonds is 5. The van der Waals surface area contributed by atoms with E-state index in [4.69, 9.17) is 0 Å². The second-order valence-corrected chi connectivity index (χ2v) is 7.93. The average molecular weight is 344 g/mol. The zero-order valence-corrected chi connectivity index (χ0v) is 15.8. The van der Waals surface area contributed by atoms with E-state index in [2.05, 4.69) is 59.3 Å². The Hall–Kier alpha value is -1.39. The van der Waals surface area contributed by atoms with Crippen molar-refractivity contribution >= 4 is 5.91 Å². The molecule has 1 N–H and O–H groups in total. The summed E-state index contributed by atoms with van der Waals surface area (Å²) in [6.07, 6.45) is 3.15. The number of carbonyl (C=O) groups is 1. The monoisotopic (exact) mass is 343 g/mol. The second kappa shape index (κ2) is 8.81. The molecule has 0 spiro atoms. The van der Waals surface area contributed by atoms with E-state index in [9.17, 15) is 4.79 Å². The van der Waals surface area contributed by atoms with Crippen molar-refractivity contribution < 1.29 is 4.79 Å². The summed E-state index contributed by atoms with van der Waals surface area (Å²) in [4.78, 5) is 17.4. The third kappa shape index (κ3) is 5.05. The van der Waals surface area contributed by atoms with Gasteiger partial charge in [-0.1, -0.05) is 37.3 Å². The standard InChI is InChI=1S/C21H33N3O/c1-17(20-8-10-22-11-9-20)14-21(25)24-13-12-23(15-18(24)2)16-19-6-4-3-5-7-19/h3-7,17-18,20,22H,8-16H2,1-2H3. The quantitative estimate of drug-likeness (QED) is 0.893. The highest BCUT2D eigenvalue weighted by atomic mass is 16.2. The minimum absolute atomic E-state index is 0.310. The molecule has 2 aliphatic rings. The van der Waals surface area contributed by atoms with Gasteiger partial charge < -0.3 is 10.2 Å². The summed E-state index contributed by atoms with van der Waals surface area (Å²) in [6, 6.07) is 10.9. The normalized spacial score (nSPS) is 24.2. The van der Waals surface area contributed by atoms with Gasteiger partial charge in [0.15, 0.2) is 0 Å². The molecule has 138 valence electrons. The molecule has 1 aromatic rings. The van der Waals surface area contributed by atoms with Gasteiger partial charge in [-0.3, -0.25) is 9.69 Å². The molecule has 2 saturated heterocycles. The molecule has 1 aromatic carbocycles. The number of nitrogens with one attached hydrogen (secondary N) is 1. The van der Waals surface area contributed by atoms with Gasteiger partial charge in [-0.25, -0.2) is 0 Å². The van der Waals surface area contributed by atoms with E-state index >= 15 is 0 Å². The molecule has 1 amide bonds. The van der Waals surface area contributed by atoms with Crippen molar-refractivity contribution in [2.75, 3.05) is 32.7 Å². The summed E-state index contributed by atoms with van der Waals surface area (Å²) in [7, 11) is 0. The van der Waals surface area contributed by atoms with E-state index in [-0.39, 0.29) is 0 Å². The van der Waals surface area contributed by atoms with Crippen molar-refractivity contribution in [3.8, 4) is 0 Å². The predicted octanol–water partition coefficient (Wildman–Crippen LogP) is 2.75. The molecule has 25 heavy (non-hydrogen) atoms. The fourth-order valence-electron chi connectivity index (χ4n) is 4.36. The molecule has 2 fully saturated rings. The SMILES string of the molecule is CC(CC(=O)N1CCN(Cc2ccccc2)CC1C)C1CCNCC1. The van der Waals surface area contributed by atoms with E-state index in [1.54, 1.807) is 0 Å². The molecule has 0 radical (unpaired) electrons. The summed E-state index contributed by atoms with van der Waals surface area (Å²) in [5.74, 6) is 1.57. The van der Waals surface area contributed by atoms with Crippen LogP contribution in [0, 0.1) is 11.8 Å². The molecule has 0 bridgehead atoms. The lowest BCUT2D eigenvalue weighted by molar-refractivity contribution is -0.137. The lowest BCUT2D eigenvalue weighted by atomic mass is 9.84. The van der Waals surface area contributed by atoms with Crippen molar-refractivity contribution in [1.82, 2.24) is 15.1 Å². The smallest absolute Gasteiger partial charge is 0.223 e. The minimum Gasteiger partial charge on any atom is -0.337 e. The number of carbonyl (C=O) groups excluding carboxylic acids is 1. The van der Waals surface area contributed by atoms with Gasteiger partial charge in [0.1, 0.15) is 0 Å². The van der Waals surface area contributed by atoms with E-state index in [1.807, 2.05) is 0 Å². The summed E-state index contributed by atoms with van der Waals surface area (Å²) in [5.41, 5.74) is 1.36. The summed E-state index contributed by atoms with van der Waals surface area (Å²) in [6.45, 7) is 10.5. The van der Waals surface area contributed by atoms with Gasteiger partial charge in [-0.05, 0) is 50.3 Å². The number of hydrogen-bond donors (Lipinski definition) is 1. The Balaban J connectivity index is 1.48. The van der Waals surface area contributed by atoms with Crippen LogP contribution >= 0.6 is 0 Å². The molecule has 4 nitrogen and oxygen atoms in total. The van der Waals surface area contributed by atoms with Gasteiger partial charge in [0, 0.05) is 38.6 Å². The summed E-state index contributed by atoms with van der Waals surface area (Å²) in [5, 5.41) is 3.42. The van der Waals surface area contributed by atoms with Gasteiger partial charge >= 0.3 is 0 Å². The van der Waals surface area contributed by atoms with Crippen LogP contribution in [-0.2, 0) is 11.3 Å². The molecule has 0 aliphatic carbocycles. The topological polar surface area (TPSA) is 35.6 Å². The summed E-state index contributed by atoms with van der Waals surface area (Å²) < 4.78 is 0. The Morgan fingerprint density at radius 1 is 1.20 bits per heavy atom. The van der Waals surface area contributed by atoms with Gasteiger partial charge in [-0.2, -0.15) is 0 Å². The van der Waals surface area contributed by atoms with Crippen LogP contribution in [0.3, 0.4) is 0 Å². The van der Waals surface area contributed by atoms with E-state index < -0.39 is 0 Å². The minimum atomic E-state index is 0.310. The molecule has 2 aliphatic heterocycles. The first-order valence-corrected chi connectivity index (χ1v) is 9.90. The third-order valence-electron chi connectivity index (χ3n) is 5.97. The Kier molecular flexibility index (Phi) is 6.49. The van der Waals surface area contributed by atoms with Crippen LogP contribution in [0.4, 0.5) is 0 Å². The highest BCUT2D eigenvalue weighted by Gasteiger charge is 2.30. The number of piperazine rings is 1. The first-order chi connectivity index (χ1) is 12.1. The second-order valence-electron chi connectivity index (χ2n) is 7.93. The summed E-state index contributed by atoms with van der Waals surface area (Å²) >= 11 is 0. The first kappa shape index (κ1) is 18.4. The van der Waals surface area contributed by atoms with E-state index in [0.717, 1.165) is 39.3 Å². The van der Waals surface area contributed by atoms with Crippen molar-refractivity contribution in [3.05, 3.63) is 35.9 Å². The number of nitrogens with zero attached hydrogens (tertiary/aromatic N) is 2. The fourth-order valence-corrected chi connectivity index (χ4v) is 4.36. The van der Waals surface area contributed by atoms with Crippen molar-refractivity contribution in [1.29, 1.82) is 0 Å². The molecular formula is C21H33N3O. The molecule has 4 heteroatoms. The van der Waals surface area contributed by atoms with Gasteiger partial charge in [0.25, 0.3) is 0 Å². The molecule has 0 saturated carbocycles. The fraction of sp³-hybridized carbons (Fsp3) is 0.667. The molecule has 0 aromatic heterocycles. The van der Waals surface area contributed by atoms with Crippen molar-refractivity contribution in [2.45, 2.75) is 45.7 Å². The van der Waals surface area contributed by atoms with Crippen LogP contribution in [0.1, 0.15) is 38.7 Å². The Morgan fingerprint density at radius 3 is 2.60 bits per heavy atom. The lowest BCUT2D eigenvalue weighted by Gasteiger charge is -2.41. The van der Waals surface area contributed by atoms with Gasteiger partial charge in [0.05, 0.1) is 0 Å². The van der Waals surface area contributed by atoms with E-state index in [0.29, 0.717) is 30.2 Å². The number of benzene rings is 1. The van der Waals surface area contributed by atoms with Crippen molar-refractivity contribution in [2.24, 2.45) is 11.8 Å². The van der Waals surface area contributed by atoms with Crippen LogP contribution < -0.4 is 5.32 Å². The van der Waals surface area contributed by atoms with Crippen LogP contribution in [0.25, 0.3) is 0 Å². The zero-order chi connectivity index (χ0) is 17.6. The molecule has 3 rings (SSSR count). The van der Waals surface area contributed by atoms with E-state index in [1.165, 1.54) is 18.4 Å². The molecule has 2 unspecified atom stereocenters. The third-order valence-corrected chi connectivity index (χ3v) is 5.97. The number of hydrogen-bond acceptors (Lipinski definition) is 3. The van der Waals surface area contributed by atoms with Gasteiger partial charge in [-0.15, -0.1) is 0 Å². The van der Waals surface area contributed by atoms with Crippen LogP contribution in [0.5, 0.6) is 0 Å². The largest absolute Gasteiger partial charge is 0.337 e. The predicted molar refractivity (Wildman–Crippen MR) is 102 cm³/mol. The Morgan fingerprint density at radius 2 is 1.92 bits per heavy atom. The molecular weight excluding hydrogens is 310 g/mol. The lowest BCUT2D eigenvalue weighted by Crippen LogP contribution is -2.54. The average Bonchev–Trinajstić information content (AvgIpc) is 2.63. The maximum absolute atomic E-state index is 12.8. The maximum Gasteiger partial charge on any atom is 0.223 e. The van der Waals surface area contributed by atoms with Crippen molar-refractivity contribution in [3.63, 3.8) is 0 Å².